The molecule has 2 rings (SSSR count). The molecule has 0 saturated heterocycles. The van der Waals surface area contributed by atoms with E-state index in [4.69, 9.17) is 11.6 Å². The fourth-order valence-electron chi connectivity index (χ4n) is 2.29. The van der Waals surface area contributed by atoms with E-state index in [-0.39, 0.29) is 11.3 Å². The molecule has 0 bridgehead atoms. The maximum Gasteiger partial charge on any atom is 0.230 e. The summed E-state index contributed by atoms with van der Waals surface area (Å²) in [6.45, 7) is 2.96. The van der Waals surface area contributed by atoms with Crippen molar-refractivity contribution in [3.05, 3.63) is 34.9 Å². The van der Waals surface area contributed by atoms with Crippen molar-refractivity contribution in [2.75, 3.05) is 6.54 Å². The molecule has 2 nitrogen and oxygen atoms in total. The van der Waals surface area contributed by atoms with Gasteiger partial charge in [-0.3, -0.25) is 4.79 Å². The van der Waals surface area contributed by atoms with Crippen molar-refractivity contribution in [2.24, 2.45) is 0 Å². The Hall–Kier alpha value is -1.02. The predicted octanol–water partition coefficient (Wildman–Crippen LogP) is 3.68. The van der Waals surface area contributed by atoms with Crippen molar-refractivity contribution in [1.29, 1.82) is 0 Å². The highest BCUT2D eigenvalue weighted by Gasteiger charge is 2.50. The van der Waals surface area contributed by atoms with Gasteiger partial charge in [0.25, 0.3) is 0 Å². The smallest absolute Gasteiger partial charge is 0.230 e. The lowest BCUT2D eigenvalue weighted by molar-refractivity contribution is -0.123. The Balaban J connectivity index is 1.94. The van der Waals surface area contributed by atoms with Crippen molar-refractivity contribution < 1.29 is 4.79 Å². The standard InChI is InChI=1S/C15H20ClNO/c1-2-3-4-11-17-14(18)15(9-10-15)12-5-7-13(16)8-6-12/h5-8H,2-4,9-11H2,1H3,(H,17,18). The first-order valence-electron chi connectivity index (χ1n) is 6.73. The number of amides is 1. The molecule has 0 aromatic heterocycles. The first kappa shape index (κ1) is 13.4. The molecule has 3 heteroatoms. The van der Waals surface area contributed by atoms with Crippen LogP contribution in [-0.4, -0.2) is 12.5 Å². The minimum Gasteiger partial charge on any atom is -0.355 e. The molecular weight excluding hydrogens is 246 g/mol. The molecule has 0 atom stereocenters. The number of carbonyl (C=O) groups is 1. The fourth-order valence-corrected chi connectivity index (χ4v) is 2.41. The molecule has 98 valence electrons. The molecular formula is C15H20ClNO. The minimum absolute atomic E-state index is 0.181. The van der Waals surface area contributed by atoms with E-state index in [2.05, 4.69) is 12.2 Å². The molecule has 1 aliphatic rings. The van der Waals surface area contributed by atoms with Crippen LogP contribution in [0.5, 0.6) is 0 Å². The Labute approximate surface area is 114 Å². The number of nitrogens with one attached hydrogen (secondary N) is 1. The highest BCUT2D eigenvalue weighted by molar-refractivity contribution is 6.30. The third kappa shape index (κ3) is 2.86. The van der Waals surface area contributed by atoms with Crippen molar-refractivity contribution in [2.45, 2.75) is 44.4 Å². The highest BCUT2D eigenvalue weighted by Crippen LogP contribution is 2.48. The van der Waals surface area contributed by atoms with Crippen molar-refractivity contribution in [3.8, 4) is 0 Å². The van der Waals surface area contributed by atoms with Gasteiger partial charge >= 0.3 is 0 Å². The second kappa shape index (κ2) is 5.75. The van der Waals surface area contributed by atoms with Gasteiger partial charge in [0.2, 0.25) is 5.91 Å². The van der Waals surface area contributed by atoms with Crippen LogP contribution in [-0.2, 0) is 10.2 Å². The molecule has 1 aliphatic carbocycles. The van der Waals surface area contributed by atoms with Crippen LogP contribution < -0.4 is 5.32 Å². The molecule has 0 radical (unpaired) electrons. The Bertz CT molecular complexity index is 409. The van der Waals surface area contributed by atoms with E-state index < -0.39 is 0 Å². The fraction of sp³-hybridized carbons (Fsp3) is 0.533. The number of benzene rings is 1. The van der Waals surface area contributed by atoms with Crippen LogP contribution in [0.3, 0.4) is 0 Å². The van der Waals surface area contributed by atoms with Crippen LogP contribution in [0.25, 0.3) is 0 Å². The van der Waals surface area contributed by atoms with Crippen LogP contribution >= 0.6 is 11.6 Å². The minimum atomic E-state index is -0.267. The summed E-state index contributed by atoms with van der Waals surface area (Å²) < 4.78 is 0. The summed E-state index contributed by atoms with van der Waals surface area (Å²) in [4.78, 5) is 12.2. The highest BCUT2D eigenvalue weighted by atomic mass is 35.5. The molecule has 0 spiro atoms. The van der Waals surface area contributed by atoms with Gasteiger partial charge in [0, 0.05) is 11.6 Å². The zero-order valence-electron chi connectivity index (χ0n) is 10.8. The second-order valence-electron chi connectivity index (χ2n) is 5.05. The molecule has 1 N–H and O–H groups in total. The molecule has 1 amide bonds. The zero-order valence-corrected chi connectivity index (χ0v) is 11.6. The summed E-state index contributed by atoms with van der Waals surface area (Å²) in [6, 6.07) is 7.67. The second-order valence-corrected chi connectivity index (χ2v) is 5.49. The van der Waals surface area contributed by atoms with Gasteiger partial charge < -0.3 is 5.32 Å². The van der Waals surface area contributed by atoms with Gasteiger partial charge in [-0.25, -0.2) is 0 Å². The first-order chi connectivity index (χ1) is 8.69. The predicted molar refractivity (Wildman–Crippen MR) is 74.9 cm³/mol. The Morgan fingerprint density at radius 1 is 1.28 bits per heavy atom. The molecule has 0 aliphatic heterocycles. The van der Waals surface area contributed by atoms with E-state index in [1.807, 2.05) is 24.3 Å². The lowest BCUT2D eigenvalue weighted by Gasteiger charge is -2.15. The van der Waals surface area contributed by atoms with Crippen molar-refractivity contribution in [1.82, 2.24) is 5.32 Å². The Morgan fingerprint density at radius 3 is 2.50 bits per heavy atom. The maximum atomic E-state index is 12.2. The summed E-state index contributed by atoms with van der Waals surface area (Å²) in [6.07, 6.45) is 5.33. The molecule has 1 saturated carbocycles. The quantitative estimate of drug-likeness (QED) is 0.781. The van der Waals surface area contributed by atoms with Gasteiger partial charge in [-0.15, -0.1) is 0 Å². The van der Waals surface area contributed by atoms with Crippen molar-refractivity contribution >= 4 is 17.5 Å². The number of carbonyl (C=O) groups excluding carboxylic acids is 1. The molecule has 0 unspecified atom stereocenters. The summed E-state index contributed by atoms with van der Waals surface area (Å²) in [7, 11) is 0. The topological polar surface area (TPSA) is 29.1 Å². The number of hydrogen-bond acceptors (Lipinski definition) is 1. The van der Waals surface area contributed by atoms with Gasteiger partial charge in [0.15, 0.2) is 0 Å². The third-order valence-corrected chi connectivity index (χ3v) is 3.90. The molecule has 1 aromatic carbocycles. The van der Waals surface area contributed by atoms with Gasteiger partial charge in [-0.1, -0.05) is 43.5 Å². The van der Waals surface area contributed by atoms with E-state index in [1.165, 1.54) is 12.8 Å². The van der Waals surface area contributed by atoms with Crippen molar-refractivity contribution in [3.63, 3.8) is 0 Å². The average molecular weight is 266 g/mol. The Kier molecular flexibility index (Phi) is 4.28. The van der Waals surface area contributed by atoms with Crippen LogP contribution in [0, 0.1) is 0 Å². The van der Waals surface area contributed by atoms with Gasteiger partial charge in [-0.05, 0) is 37.0 Å². The molecule has 1 fully saturated rings. The monoisotopic (exact) mass is 265 g/mol. The lowest BCUT2D eigenvalue weighted by Crippen LogP contribution is -2.35. The largest absolute Gasteiger partial charge is 0.355 e. The summed E-state index contributed by atoms with van der Waals surface area (Å²) in [5, 5.41) is 3.78. The van der Waals surface area contributed by atoms with Gasteiger partial charge in [0.05, 0.1) is 5.41 Å². The van der Waals surface area contributed by atoms with Crippen LogP contribution in [0.4, 0.5) is 0 Å². The van der Waals surface area contributed by atoms with Crippen LogP contribution in [0.2, 0.25) is 5.02 Å². The van der Waals surface area contributed by atoms with E-state index >= 15 is 0 Å². The number of rotatable bonds is 6. The SMILES string of the molecule is CCCCCNC(=O)C1(c2ccc(Cl)cc2)CC1. The summed E-state index contributed by atoms with van der Waals surface area (Å²) in [5.41, 5.74) is 0.830. The van der Waals surface area contributed by atoms with E-state index in [9.17, 15) is 4.79 Å². The molecule has 18 heavy (non-hydrogen) atoms. The number of unbranched alkanes of at least 4 members (excludes halogenated alkanes) is 2. The first-order valence-corrected chi connectivity index (χ1v) is 7.11. The van der Waals surface area contributed by atoms with Gasteiger partial charge in [0.1, 0.15) is 0 Å². The summed E-state index contributed by atoms with van der Waals surface area (Å²) in [5.74, 6) is 0.181. The maximum absolute atomic E-state index is 12.2. The summed E-state index contributed by atoms with van der Waals surface area (Å²) >= 11 is 5.88. The molecule has 1 aromatic rings. The number of hydrogen-bond donors (Lipinski definition) is 1. The third-order valence-electron chi connectivity index (χ3n) is 3.65. The zero-order chi connectivity index (χ0) is 13.0. The Morgan fingerprint density at radius 2 is 1.94 bits per heavy atom. The average Bonchev–Trinajstić information content (AvgIpc) is 3.17. The number of halogens is 1. The lowest BCUT2D eigenvalue weighted by atomic mass is 9.95. The van der Waals surface area contributed by atoms with E-state index in [0.29, 0.717) is 0 Å². The van der Waals surface area contributed by atoms with E-state index in [0.717, 1.165) is 36.4 Å². The van der Waals surface area contributed by atoms with Crippen LogP contribution in [0.1, 0.15) is 44.6 Å². The normalized spacial score (nSPS) is 16.3. The van der Waals surface area contributed by atoms with Gasteiger partial charge in [-0.2, -0.15) is 0 Å². The van der Waals surface area contributed by atoms with E-state index in [1.54, 1.807) is 0 Å². The van der Waals surface area contributed by atoms with Crippen LogP contribution in [0.15, 0.2) is 24.3 Å². The molecule has 0 heterocycles.